The Balaban J connectivity index is 0.000000225. The van der Waals surface area contributed by atoms with Crippen LogP contribution in [-0.2, 0) is 16.0 Å². The van der Waals surface area contributed by atoms with Gasteiger partial charge in [0.2, 0.25) is 0 Å². The molecule has 1 aromatic carbocycles. The van der Waals surface area contributed by atoms with Crippen LogP contribution in [0.3, 0.4) is 0 Å². The van der Waals surface area contributed by atoms with Gasteiger partial charge in [-0.25, -0.2) is 14.0 Å². The number of fused-ring (bicyclic) bond motifs is 1. The fraction of sp³-hybridized carbons (Fsp3) is 0.385. The number of benzene rings is 1. The third-order valence-electron chi connectivity index (χ3n) is 3.12. The summed E-state index contributed by atoms with van der Waals surface area (Å²) in [6, 6.07) is 4.35. The average molecular weight is 317 g/mol. The standard InChI is InChI=1S/C9H10FNO.C4H6O6/c10-7-3-1-2-5-6(7)4-8(11)9(5)12;5-1(3(7)8)2(6)4(9)10/h1-3,8-9,12H,4,11H2;1-2,5-6H,(H,7,8)(H,9,10)/t8-,9+;/m1./s1. The Bertz CT molecular complexity index is 547. The molecule has 0 radical (unpaired) electrons. The Morgan fingerprint density at radius 3 is 2.09 bits per heavy atom. The lowest BCUT2D eigenvalue weighted by molar-refractivity contribution is -0.165. The van der Waals surface area contributed by atoms with Crippen molar-refractivity contribution >= 4 is 11.9 Å². The molecule has 122 valence electrons. The van der Waals surface area contributed by atoms with Gasteiger partial charge in [0.15, 0.2) is 12.2 Å². The van der Waals surface area contributed by atoms with Crippen molar-refractivity contribution in [3.63, 3.8) is 0 Å². The number of rotatable bonds is 3. The third kappa shape index (κ3) is 3.98. The van der Waals surface area contributed by atoms with E-state index in [0.717, 1.165) is 0 Å². The molecule has 7 N–H and O–H groups in total. The number of carboxylic acid groups (broad SMARTS) is 2. The molecule has 0 aliphatic heterocycles. The molecule has 0 saturated heterocycles. The summed E-state index contributed by atoms with van der Waals surface area (Å²) in [6.45, 7) is 0. The maximum atomic E-state index is 13.1. The van der Waals surface area contributed by atoms with Crippen molar-refractivity contribution < 1.29 is 39.5 Å². The van der Waals surface area contributed by atoms with Crippen LogP contribution < -0.4 is 5.73 Å². The fourth-order valence-corrected chi connectivity index (χ4v) is 1.92. The molecule has 22 heavy (non-hydrogen) atoms. The molecule has 0 fully saturated rings. The summed E-state index contributed by atoms with van der Waals surface area (Å²) < 4.78 is 13.1. The highest BCUT2D eigenvalue weighted by Gasteiger charge is 2.30. The first-order valence-electron chi connectivity index (χ1n) is 6.19. The molecule has 0 spiro atoms. The van der Waals surface area contributed by atoms with E-state index in [2.05, 4.69) is 0 Å². The van der Waals surface area contributed by atoms with Gasteiger partial charge in [0.25, 0.3) is 0 Å². The van der Waals surface area contributed by atoms with E-state index in [9.17, 15) is 19.1 Å². The van der Waals surface area contributed by atoms with E-state index in [1.165, 1.54) is 6.07 Å². The number of carbonyl (C=O) groups is 2. The van der Waals surface area contributed by atoms with E-state index >= 15 is 0 Å². The molecule has 0 heterocycles. The number of carboxylic acids is 2. The summed E-state index contributed by atoms with van der Waals surface area (Å²) in [5.74, 6) is -3.80. The Hall–Kier alpha value is -2.07. The van der Waals surface area contributed by atoms with Crippen molar-refractivity contribution in [2.75, 3.05) is 0 Å². The summed E-state index contributed by atoms with van der Waals surface area (Å²) in [4.78, 5) is 19.5. The Morgan fingerprint density at radius 2 is 1.68 bits per heavy atom. The monoisotopic (exact) mass is 317 g/mol. The highest BCUT2D eigenvalue weighted by Crippen LogP contribution is 2.31. The van der Waals surface area contributed by atoms with Crippen LogP contribution in [0.4, 0.5) is 4.39 Å². The van der Waals surface area contributed by atoms with Gasteiger partial charge >= 0.3 is 11.9 Å². The second-order valence-electron chi connectivity index (χ2n) is 4.69. The van der Waals surface area contributed by atoms with E-state index in [1.807, 2.05) is 0 Å². The molecule has 8 nitrogen and oxygen atoms in total. The first-order valence-corrected chi connectivity index (χ1v) is 6.19. The summed E-state index contributed by atoms with van der Waals surface area (Å²) in [5.41, 5.74) is 6.79. The number of aliphatic hydroxyl groups excluding tert-OH is 3. The van der Waals surface area contributed by atoms with E-state index in [1.54, 1.807) is 12.1 Å². The van der Waals surface area contributed by atoms with Gasteiger partial charge in [-0.3, -0.25) is 0 Å². The van der Waals surface area contributed by atoms with Gasteiger partial charge in [0, 0.05) is 6.04 Å². The van der Waals surface area contributed by atoms with Gasteiger partial charge in [-0.2, -0.15) is 0 Å². The highest BCUT2D eigenvalue weighted by atomic mass is 19.1. The molecule has 0 amide bonds. The number of hydrogen-bond acceptors (Lipinski definition) is 6. The van der Waals surface area contributed by atoms with Crippen LogP contribution in [0.25, 0.3) is 0 Å². The molecule has 4 atom stereocenters. The first kappa shape index (κ1) is 18.0. The van der Waals surface area contributed by atoms with Gasteiger partial charge in [-0.15, -0.1) is 0 Å². The molecule has 0 bridgehead atoms. The van der Waals surface area contributed by atoms with Crippen molar-refractivity contribution in [3.8, 4) is 0 Å². The molecule has 1 aromatic rings. The smallest absolute Gasteiger partial charge is 0.335 e. The number of nitrogens with two attached hydrogens (primary N) is 1. The molecular weight excluding hydrogens is 301 g/mol. The minimum absolute atomic E-state index is 0.264. The zero-order valence-electron chi connectivity index (χ0n) is 11.3. The lowest BCUT2D eigenvalue weighted by atomic mass is 10.1. The Labute approximate surface area is 124 Å². The molecule has 9 heteroatoms. The number of halogens is 1. The number of hydrogen-bond donors (Lipinski definition) is 6. The van der Waals surface area contributed by atoms with Crippen molar-refractivity contribution in [1.29, 1.82) is 0 Å². The normalized spacial score (nSPS) is 22.0. The topological polar surface area (TPSA) is 161 Å². The summed E-state index contributed by atoms with van der Waals surface area (Å²) in [7, 11) is 0. The first-order chi connectivity index (χ1) is 10.2. The van der Waals surface area contributed by atoms with E-state index in [4.69, 9.17) is 26.2 Å². The molecule has 2 unspecified atom stereocenters. The maximum Gasteiger partial charge on any atom is 0.335 e. The SMILES string of the molecule is N[C@@H]1Cc2c(F)cccc2[C@@H]1O.O=C(O)C(O)C(O)C(=O)O. The van der Waals surface area contributed by atoms with Gasteiger partial charge in [-0.05, 0) is 23.6 Å². The van der Waals surface area contributed by atoms with Crippen molar-refractivity contribution in [3.05, 3.63) is 35.1 Å². The molecule has 2 rings (SSSR count). The Kier molecular flexibility index (Phi) is 5.94. The van der Waals surface area contributed by atoms with Crippen LogP contribution in [0.1, 0.15) is 17.2 Å². The zero-order valence-corrected chi connectivity index (χ0v) is 11.3. The molecule has 1 aliphatic rings. The number of aliphatic hydroxyl groups is 3. The van der Waals surface area contributed by atoms with Crippen LogP contribution in [-0.4, -0.2) is 55.7 Å². The minimum atomic E-state index is -2.27. The molecule has 0 aromatic heterocycles. The van der Waals surface area contributed by atoms with Crippen LogP contribution in [0.2, 0.25) is 0 Å². The zero-order chi connectivity index (χ0) is 17.0. The summed E-state index contributed by atoms with van der Waals surface area (Å²) >= 11 is 0. The largest absolute Gasteiger partial charge is 0.479 e. The summed E-state index contributed by atoms with van der Waals surface area (Å²) in [5, 5.41) is 42.0. The second kappa shape index (κ2) is 7.27. The van der Waals surface area contributed by atoms with Gasteiger partial charge in [-0.1, -0.05) is 12.1 Å². The lowest BCUT2D eigenvalue weighted by Gasteiger charge is -2.07. The summed E-state index contributed by atoms with van der Waals surface area (Å²) in [6.07, 6.45) is -4.80. The number of aliphatic carboxylic acids is 2. The lowest BCUT2D eigenvalue weighted by Crippen LogP contribution is -2.39. The van der Waals surface area contributed by atoms with Crippen LogP contribution in [0.5, 0.6) is 0 Å². The van der Waals surface area contributed by atoms with Crippen LogP contribution in [0.15, 0.2) is 18.2 Å². The predicted octanol–water partition coefficient (Wildman–Crippen LogP) is -1.38. The van der Waals surface area contributed by atoms with Gasteiger partial charge in [0.05, 0.1) is 6.10 Å². The van der Waals surface area contributed by atoms with E-state index < -0.39 is 30.3 Å². The van der Waals surface area contributed by atoms with E-state index in [0.29, 0.717) is 17.5 Å². The van der Waals surface area contributed by atoms with E-state index in [-0.39, 0.29) is 11.9 Å². The van der Waals surface area contributed by atoms with Crippen molar-refractivity contribution in [2.24, 2.45) is 5.73 Å². The molecular formula is C13H16FNO7. The second-order valence-corrected chi connectivity index (χ2v) is 4.69. The fourth-order valence-electron chi connectivity index (χ4n) is 1.92. The van der Waals surface area contributed by atoms with Crippen molar-refractivity contribution in [1.82, 2.24) is 0 Å². The van der Waals surface area contributed by atoms with Crippen molar-refractivity contribution in [2.45, 2.75) is 30.8 Å². The van der Waals surface area contributed by atoms with Gasteiger partial charge in [0.1, 0.15) is 5.82 Å². The van der Waals surface area contributed by atoms with Crippen LogP contribution in [0, 0.1) is 5.82 Å². The molecule has 0 saturated carbocycles. The molecule has 1 aliphatic carbocycles. The third-order valence-corrected chi connectivity index (χ3v) is 3.12. The predicted molar refractivity (Wildman–Crippen MR) is 70.3 cm³/mol. The van der Waals surface area contributed by atoms with Crippen LogP contribution >= 0.6 is 0 Å². The average Bonchev–Trinajstić information content (AvgIpc) is 2.75. The van der Waals surface area contributed by atoms with Gasteiger partial charge < -0.3 is 31.3 Å². The minimum Gasteiger partial charge on any atom is -0.479 e. The highest BCUT2D eigenvalue weighted by molar-refractivity contribution is 5.83. The Morgan fingerprint density at radius 1 is 1.18 bits per heavy atom. The quantitative estimate of drug-likeness (QED) is 0.397. The maximum absolute atomic E-state index is 13.1.